The summed E-state index contributed by atoms with van der Waals surface area (Å²) in [5.74, 6) is -0.485. The summed E-state index contributed by atoms with van der Waals surface area (Å²) in [4.78, 5) is 11.1. The Labute approximate surface area is 96.4 Å². The molecule has 0 atom stereocenters. The fourth-order valence-corrected chi connectivity index (χ4v) is 1.96. The number of amides is 1. The highest BCUT2D eigenvalue weighted by atomic mass is 35.5. The van der Waals surface area contributed by atoms with E-state index in [9.17, 15) is 4.79 Å². The predicted molar refractivity (Wildman–Crippen MR) is 61.5 cm³/mol. The zero-order valence-electron chi connectivity index (χ0n) is 7.92. The second kappa shape index (κ2) is 3.43. The fourth-order valence-electron chi connectivity index (χ4n) is 1.59. The smallest absolute Gasteiger partial charge is 0.265 e. The lowest BCUT2D eigenvalue weighted by Gasteiger charge is -2.00. The summed E-state index contributed by atoms with van der Waals surface area (Å²) in [5, 5.41) is 1.64. The van der Waals surface area contributed by atoms with Crippen LogP contribution in [0.5, 0.6) is 0 Å². The number of primary amides is 1. The van der Waals surface area contributed by atoms with E-state index in [-0.39, 0.29) is 0 Å². The van der Waals surface area contributed by atoms with E-state index in [2.05, 4.69) is 0 Å². The highest BCUT2D eigenvalue weighted by molar-refractivity contribution is 6.45. The number of hydrogen-bond acceptors (Lipinski definition) is 1. The molecular formula is C10H8Cl2N2O. The summed E-state index contributed by atoms with van der Waals surface area (Å²) >= 11 is 11.9. The molecule has 2 rings (SSSR count). The highest BCUT2D eigenvalue weighted by Crippen LogP contribution is 2.32. The zero-order chi connectivity index (χ0) is 11.2. The van der Waals surface area contributed by atoms with Gasteiger partial charge in [0.25, 0.3) is 5.91 Å². The molecule has 0 unspecified atom stereocenters. The van der Waals surface area contributed by atoms with E-state index in [0.29, 0.717) is 15.7 Å². The minimum atomic E-state index is -0.485. The Balaban J connectivity index is 2.88. The molecule has 0 aliphatic rings. The summed E-state index contributed by atoms with van der Waals surface area (Å²) < 4.78 is 1.69. The third-order valence-electron chi connectivity index (χ3n) is 2.37. The number of halogens is 2. The SMILES string of the molecule is Cn1c(C(N)=O)cc2c(Cl)c(Cl)ccc21. The maximum absolute atomic E-state index is 11.1. The van der Waals surface area contributed by atoms with Gasteiger partial charge in [0.1, 0.15) is 5.69 Å². The van der Waals surface area contributed by atoms with E-state index in [1.165, 1.54) is 0 Å². The first-order valence-electron chi connectivity index (χ1n) is 4.25. The monoisotopic (exact) mass is 242 g/mol. The van der Waals surface area contributed by atoms with Crippen molar-refractivity contribution in [1.82, 2.24) is 4.57 Å². The lowest BCUT2D eigenvalue weighted by molar-refractivity contribution is 0.0993. The van der Waals surface area contributed by atoms with Crippen molar-refractivity contribution in [3.8, 4) is 0 Å². The van der Waals surface area contributed by atoms with Crippen LogP contribution >= 0.6 is 23.2 Å². The van der Waals surface area contributed by atoms with Crippen molar-refractivity contribution in [2.24, 2.45) is 12.8 Å². The van der Waals surface area contributed by atoms with Crippen LogP contribution in [-0.4, -0.2) is 10.5 Å². The largest absolute Gasteiger partial charge is 0.364 e. The fraction of sp³-hybridized carbons (Fsp3) is 0.100. The number of fused-ring (bicyclic) bond motifs is 1. The van der Waals surface area contributed by atoms with Crippen LogP contribution in [0.15, 0.2) is 18.2 Å². The molecule has 1 heterocycles. The van der Waals surface area contributed by atoms with Gasteiger partial charge in [-0.2, -0.15) is 0 Å². The third-order valence-corrected chi connectivity index (χ3v) is 3.18. The van der Waals surface area contributed by atoms with Crippen LogP contribution in [0.3, 0.4) is 0 Å². The van der Waals surface area contributed by atoms with Gasteiger partial charge in [0.15, 0.2) is 0 Å². The van der Waals surface area contributed by atoms with Gasteiger partial charge in [-0.25, -0.2) is 0 Å². The molecule has 0 spiro atoms. The number of carbonyl (C=O) groups excluding carboxylic acids is 1. The van der Waals surface area contributed by atoms with E-state index in [0.717, 1.165) is 10.9 Å². The van der Waals surface area contributed by atoms with E-state index >= 15 is 0 Å². The number of hydrogen-bond donors (Lipinski definition) is 1. The van der Waals surface area contributed by atoms with Crippen LogP contribution in [0, 0.1) is 0 Å². The minimum absolute atomic E-state index is 0.411. The Hall–Kier alpha value is -1.19. The Bertz CT molecular complexity index is 560. The predicted octanol–water partition coefficient (Wildman–Crippen LogP) is 2.58. The van der Waals surface area contributed by atoms with Gasteiger partial charge in [-0.05, 0) is 18.2 Å². The van der Waals surface area contributed by atoms with Crippen LogP contribution in [-0.2, 0) is 7.05 Å². The zero-order valence-corrected chi connectivity index (χ0v) is 9.43. The molecule has 2 N–H and O–H groups in total. The van der Waals surface area contributed by atoms with Gasteiger partial charge in [0, 0.05) is 18.0 Å². The maximum Gasteiger partial charge on any atom is 0.265 e. The summed E-state index contributed by atoms with van der Waals surface area (Å²) in [7, 11) is 1.76. The summed E-state index contributed by atoms with van der Waals surface area (Å²) in [5.41, 5.74) is 6.47. The van der Waals surface area contributed by atoms with Crippen LogP contribution in [0.25, 0.3) is 10.9 Å². The molecule has 5 heteroatoms. The van der Waals surface area contributed by atoms with Crippen LogP contribution in [0.1, 0.15) is 10.5 Å². The van der Waals surface area contributed by atoms with E-state index in [4.69, 9.17) is 28.9 Å². The van der Waals surface area contributed by atoms with Gasteiger partial charge in [0.2, 0.25) is 0 Å². The van der Waals surface area contributed by atoms with Crippen LogP contribution < -0.4 is 5.73 Å². The lowest BCUT2D eigenvalue weighted by Crippen LogP contribution is -2.14. The van der Waals surface area contributed by atoms with E-state index in [1.54, 1.807) is 29.8 Å². The molecule has 0 aliphatic heterocycles. The van der Waals surface area contributed by atoms with Gasteiger partial charge in [-0.1, -0.05) is 23.2 Å². The summed E-state index contributed by atoms with van der Waals surface area (Å²) in [6.45, 7) is 0. The molecule has 2 aromatic rings. The van der Waals surface area contributed by atoms with Crippen LogP contribution in [0.4, 0.5) is 0 Å². The van der Waals surface area contributed by atoms with Crippen molar-refractivity contribution in [3.05, 3.63) is 33.9 Å². The molecule has 15 heavy (non-hydrogen) atoms. The Morgan fingerprint density at radius 1 is 1.40 bits per heavy atom. The first kappa shape index (κ1) is 10.3. The minimum Gasteiger partial charge on any atom is -0.364 e. The van der Waals surface area contributed by atoms with Gasteiger partial charge in [-0.3, -0.25) is 4.79 Å². The maximum atomic E-state index is 11.1. The topological polar surface area (TPSA) is 48.0 Å². The number of benzene rings is 1. The molecule has 0 aliphatic carbocycles. The highest BCUT2D eigenvalue weighted by Gasteiger charge is 2.13. The lowest BCUT2D eigenvalue weighted by atomic mass is 10.2. The average molecular weight is 243 g/mol. The Morgan fingerprint density at radius 3 is 2.67 bits per heavy atom. The van der Waals surface area contributed by atoms with E-state index < -0.39 is 5.91 Å². The molecule has 1 aromatic heterocycles. The molecule has 0 fully saturated rings. The quantitative estimate of drug-likeness (QED) is 0.822. The molecular weight excluding hydrogens is 235 g/mol. The Kier molecular flexibility index (Phi) is 2.37. The molecule has 0 radical (unpaired) electrons. The third kappa shape index (κ3) is 1.48. The molecule has 78 valence electrons. The van der Waals surface area contributed by atoms with Gasteiger partial charge in [0.05, 0.1) is 10.0 Å². The van der Waals surface area contributed by atoms with Gasteiger partial charge in [-0.15, -0.1) is 0 Å². The molecule has 0 bridgehead atoms. The number of carbonyl (C=O) groups is 1. The second-order valence-corrected chi connectivity index (χ2v) is 4.03. The second-order valence-electron chi connectivity index (χ2n) is 3.25. The number of nitrogens with zero attached hydrogens (tertiary/aromatic N) is 1. The molecule has 0 saturated heterocycles. The van der Waals surface area contributed by atoms with Crippen molar-refractivity contribution in [3.63, 3.8) is 0 Å². The number of nitrogens with two attached hydrogens (primary N) is 1. The molecule has 1 amide bonds. The Morgan fingerprint density at radius 2 is 2.07 bits per heavy atom. The van der Waals surface area contributed by atoms with Crippen molar-refractivity contribution in [2.75, 3.05) is 0 Å². The van der Waals surface area contributed by atoms with Crippen molar-refractivity contribution < 1.29 is 4.79 Å². The molecule has 1 aromatic carbocycles. The number of aromatic nitrogens is 1. The van der Waals surface area contributed by atoms with E-state index in [1.807, 2.05) is 0 Å². The van der Waals surface area contributed by atoms with Crippen LogP contribution in [0.2, 0.25) is 10.0 Å². The summed E-state index contributed by atoms with van der Waals surface area (Å²) in [6, 6.07) is 5.14. The molecule has 3 nitrogen and oxygen atoms in total. The van der Waals surface area contributed by atoms with Gasteiger partial charge >= 0.3 is 0 Å². The van der Waals surface area contributed by atoms with Crippen molar-refractivity contribution in [2.45, 2.75) is 0 Å². The molecule has 0 saturated carbocycles. The first-order valence-corrected chi connectivity index (χ1v) is 5.01. The number of aryl methyl sites for hydroxylation is 1. The van der Waals surface area contributed by atoms with Crippen molar-refractivity contribution >= 4 is 40.0 Å². The number of rotatable bonds is 1. The normalized spacial score (nSPS) is 10.9. The summed E-state index contributed by atoms with van der Waals surface area (Å²) in [6.07, 6.45) is 0. The van der Waals surface area contributed by atoms with Gasteiger partial charge < -0.3 is 10.3 Å². The standard InChI is InChI=1S/C10H8Cl2N2O/c1-14-7-3-2-6(11)9(12)5(7)4-8(14)10(13)15/h2-4H,1H3,(H2,13,15). The first-order chi connectivity index (χ1) is 7.02. The average Bonchev–Trinajstić information content (AvgIpc) is 2.51. The van der Waals surface area contributed by atoms with Crippen molar-refractivity contribution in [1.29, 1.82) is 0 Å².